The van der Waals surface area contributed by atoms with Crippen molar-refractivity contribution in [1.29, 1.82) is 0 Å². The zero-order chi connectivity index (χ0) is 18.9. The lowest BCUT2D eigenvalue weighted by molar-refractivity contribution is -0.122. The average Bonchev–Trinajstić information content (AvgIpc) is 3.42. The van der Waals surface area contributed by atoms with Crippen molar-refractivity contribution >= 4 is 28.3 Å². The van der Waals surface area contributed by atoms with Crippen LogP contribution in [0.3, 0.4) is 0 Å². The minimum atomic E-state index is -1.49. The number of thiophene rings is 1. The third-order valence-corrected chi connectivity index (χ3v) is 5.30. The number of aromatic nitrogens is 1. The normalized spacial score (nSPS) is 13.5. The summed E-state index contributed by atoms with van der Waals surface area (Å²) >= 11 is 1.36. The second-order valence-electron chi connectivity index (χ2n) is 6.01. The third kappa shape index (κ3) is 3.20. The van der Waals surface area contributed by atoms with E-state index in [9.17, 15) is 14.7 Å². The number of aliphatic hydroxyl groups is 1. The zero-order valence-corrected chi connectivity index (χ0v) is 14.9. The van der Waals surface area contributed by atoms with Crippen molar-refractivity contribution < 1.29 is 18.7 Å². The number of furan rings is 1. The molecule has 0 unspecified atom stereocenters. The van der Waals surface area contributed by atoms with E-state index in [1.807, 2.05) is 11.4 Å². The monoisotopic (exact) mass is 384 g/mol. The van der Waals surface area contributed by atoms with Crippen LogP contribution in [0.25, 0.3) is 11.1 Å². The Balaban J connectivity index is 1.54. The molecule has 0 aliphatic heterocycles. The molecule has 0 aliphatic rings. The minimum absolute atomic E-state index is 0.0929. The van der Waals surface area contributed by atoms with Crippen LogP contribution in [0.5, 0.6) is 0 Å². The summed E-state index contributed by atoms with van der Waals surface area (Å²) in [6.07, 6.45) is 1.47. The lowest BCUT2D eigenvalue weighted by atomic mass is 9.98. The summed E-state index contributed by atoms with van der Waals surface area (Å²) in [6.45, 7) is -0.307. The van der Waals surface area contributed by atoms with Gasteiger partial charge in [0.05, 0.1) is 18.3 Å². The van der Waals surface area contributed by atoms with Gasteiger partial charge in [0.2, 0.25) is 5.91 Å². The number of para-hydroxylation sites is 2. The van der Waals surface area contributed by atoms with Crippen LogP contribution in [0.15, 0.2) is 73.8 Å². The highest BCUT2D eigenvalue weighted by Gasteiger charge is 2.36. The van der Waals surface area contributed by atoms with E-state index in [0.29, 0.717) is 21.7 Å². The molecule has 27 heavy (non-hydrogen) atoms. The highest BCUT2D eigenvalue weighted by atomic mass is 32.1. The van der Waals surface area contributed by atoms with Crippen LogP contribution in [-0.4, -0.2) is 22.1 Å². The van der Waals surface area contributed by atoms with Gasteiger partial charge in [-0.1, -0.05) is 18.2 Å². The summed E-state index contributed by atoms with van der Waals surface area (Å²) in [5, 5.41) is 15.7. The van der Waals surface area contributed by atoms with Crippen molar-refractivity contribution in [3.05, 3.63) is 81.4 Å². The van der Waals surface area contributed by atoms with Crippen LogP contribution < -0.4 is 11.1 Å². The Kier molecular flexibility index (Phi) is 4.43. The van der Waals surface area contributed by atoms with Crippen molar-refractivity contribution in [2.45, 2.75) is 12.1 Å². The van der Waals surface area contributed by atoms with Gasteiger partial charge in [-0.2, -0.15) is 0 Å². The molecular weight excluding hydrogens is 368 g/mol. The van der Waals surface area contributed by atoms with E-state index in [1.165, 1.54) is 22.2 Å². The standard InChI is InChI=1S/C19H16N2O5S/c22-17(11-21-13-5-1-2-6-14(13)26-18(21)23)20-12-19(24,15-7-3-9-25-15)16-8-4-10-27-16/h1-10,24H,11-12H2,(H,20,22)/t19-/m1/s1. The van der Waals surface area contributed by atoms with Gasteiger partial charge >= 0.3 is 5.76 Å². The number of nitrogens with zero attached hydrogens (tertiary/aromatic N) is 1. The first kappa shape index (κ1) is 17.3. The van der Waals surface area contributed by atoms with E-state index in [-0.39, 0.29) is 13.1 Å². The molecule has 4 rings (SSSR count). The Labute approximate surface area is 157 Å². The van der Waals surface area contributed by atoms with Crippen LogP contribution in [-0.2, 0) is 16.9 Å². The molecule has 0 fully saturated rings. The van der Waals surface area contributed by atoms with Crippen LogP contribution in [0.2, 0.25) is 0 Å². The molecule has 0 spiro atoms. The van der Waals surface area contributed by atoms with E-state index in [4.69, 9.17) is 8.83 Å². The first-order valence-corrected chi connectivity index (χ1v) is 9.11. The molecule has 3 aromatic heterocycles. The molecule has 138 valence electrons. The molecule has 7 nitrogen and oxygen atoms in total. The van der Waals surface area contributed by atoms with Crippen LogP contribution in [0.1, 0.15) is 10.6 Å². The maximum atomic E-state index is 12.4. The molecule has 0 saturated carbocycles. The highest BCUT2D eigenvalue weighted by molar-refractivity contribution is 7.10. The number of benzene rings is 1. The van der Waals surface area contributed by atoms with E-state index in [0.717, 1.165) is 0 Å². The number of hydrogen-bond acceptors (Lipinski definition) is 6. The number of nitrogens with one attached hydrogen (secondary N) is 1. The van der Waals surface area contributed by atoms with E-state index in [2.05, 4.69) is 5.32 Å². The Bertz CT molecular complexity index is 1070. The molecule has 1 aromatic carbocycles. The molecule has 0 radical (unpaired) electrons. The van der Waals surface area contributed by atoms with Gasteiger partial charge < -0.3 is 19.3 Å². The number of rotatable bonds is 6. The van der Waals surface area contributed by atoms with E-state index in [1.54, 1.807) is 42.5 Å². The fourth-order valence-electron chi connectivity index (χ4n) is 2.91. The van der Waals surface area contributed by atoms with Gasteiger partial charge in [-0.3, -0.25) is 9.36 Å². The third-order valence-electron chi connectivity index (χ3n) is 4.27. The summed E-state index contributed by atoms with van der Waals surface area (Å²) in [7, 11) is 0. The van der Waals surface area contributed by atoms with Crippen LogP contribution in [0, 0.1) is 0 Å². The van der Waals surface area contributed by atoms with Gasteiger partial charge in [-0.05, 0) is 35.7 Å². The molecule has 0 saturated heterocycles. The van der Waals surface area contributed by atoms with Crippen molar-refractivity contribution in [3.63, 3.8) is 0 Å². The fraction of sp³-hybridized carbons (Fsp3) is 0.158. The topological polar surface area (TPSA) is 97.6 Å². The smallest absolute Gasteiger partial charge is 0.420 e. The minimum Gasteiger partial charge on any atom is -0.466 e. The number of carbonyl (C=O) groups excluding carboxylic acids is 1. The van der Waals surface area contributed by atoms with Gasteiger partial charge in [-0.15, -0.1) is 11.3 Å². The molecule has 4 aromatic rings. The number of fused-ring (bicyclic) bond motifs is 1. The first-order chi connectivity index (χ1) is 13.1. The van der Waals surface area contributed by atoms with Gasteiger partial charge in [0.1, 0.15) is 12.3 Å². The molecule has 3 heterocycles. The van der Waals surface area contributed by atoms with Crippen LogP contribution in [0.4, 0.5) is 0 Å². The second-order valence-corrected chi connectivity index (χ2v) is 6.96. The number of oxazole rings is 1. The lowest BCUT2D eigenvalue weighted by Gasteiger charge is -2.25. The zero-order valence-electron chi connectivity index (χ0n) is 14.1. The SMILES string of the molecule is O=C(Cn1c(=O)oc2ccccc21)NC[C@@](O)(c1ccco1)c1cccs1. The maximum Gasteiger partial charge on any atom is 0.420 e. The van der Waals surface area contributed by atoms with E-state index < -0.39 is 17.3 Å². The summed E-state index contributed by atoms with van der Waals surface area (Å²) in [4.78, 5) is 25.1. The largest absolute Gasteiger partial charge is 0.466 e. The summed E-state index contributed by atoms with van der Waals surface area (Å²) < 4.78 is 11.8. The van der Waals surface area contributed by atoms with Crippen LogP contribution >= 0.6 is 11.3 Å². The van der Waals surface area contributed by atoms with Gasteiger partial charge in [0, 0.05) is 4.88 Å². The predicted molar refractivity (Wildman–Crippen MR) is 99.5 cm³/mol. The van der Waals surface area contributed by atoms with Crippen molar-refractivity contribution in [3.8, 4) is 0 Å². The molecule has 2 N–H and O–H groups in total. The Morgan fingerprint density at radius 2 is 2.04 bits per heavy atom. The number of hydrogen-bond donors (Lipinski definition) is 2. The van der Waals surface area contributed by atoms with Gasteiger partial charge in [-0.25, -0.2) is 4.79 Å². The van der Waals surface area contributed by atoms with Crippen molar-refractivity contribution in [1.82, 2.24) is 9.88 Å². The number of amides is 1. The predicted octanol–water partition coefficient (Wildman–Crippen LogP) is 2.30. The number of carbonyl (C=O) groups is 1. The summed E-state index contributed by atoms with van der Waals surface area (Å²) in [5.74, 6) is -0.702. The lowest BCUT2D eigenvalue weighted by Crippen LogP contribution is -2.42. The second kappa shape index (κ2) is 6.90. The first-order valence-electron chi connectivity index (χ1n) is 8.23. The molecular formula is C19H16N2O5S. The van der Waals surface area contributed by atoms with Gasteiger partial charge in [0.15, 0.2) is 11.2 Å². The molecule has 0 aliphatic carbocycles. The van der Waals surface area contributed by atoms with Gasteiger partial charge in [0.25, 0.3) is 0 Å². The highest BCUT2D eigenvalue weighted by Crippen LogP contribution is 2.32. The Morgan fingerprint density at radius 1 is 1.19 bits per heavy atom. The quantitative estimate of drug-likeness (QED) is 0.532. The molecule has 0 bridgehead atoms. The molecule has 1 atom stereocenters. The molecule has 1 amide bonds. The molecule has 8 heteroatoms. The Hall–Kier alpha value is -3.10. The Morgan fingerprint density at radius 3 is 2.78 bits per heavy atom. The van der Waals surface area contributed by atoms with Crippen molar-refractivity contribution in [2.24, 2.45) is 0 Å². The average molecular weight is 384 g/mol. The summed E-state index contributed by atoms with van der Waals surface area (Å²) in [6, 6.07) is 13.8. The van der Waals surface area contributed by atoms with E-state index >= 15 is 0 Å². The maximum absolute atomic E-state index is 12.4. The summed E-state index contributed by atoms with van der Waals surface area (Å²) in [5.41, 5.74) is -0.533. The van der Waals surface area contributed by atoms with Crippen molar-refractivity contribution in [2.75, 3.05) is 6.54 Å². The fourth-order valence-corrected chi connectivity index (χ4v) is 3.74.